The number of hydrogen-bond acceptors (Lipinski definition) is 5. The predicted molar refractivity (Wildman–Crippen MR) is 138 cm³/mol. The Hall–Kier alpha value is -3.49. The maximum absolute atomic E-state index is 13.8. The van der Waals surface area contributed by atoms with Crippen LogP contribution in [0.15, 0.2) is 24.3 Å². The summed E-state index contributed by atoms with van der Waals surface area (Å²) < 4.78 is 13.8. The van der Waals surface area contributed by atoms with Crippen LogP contribution in [0.4, 0.5) is 10.2 Å². The summed E-state index contributed by atoms with van der Waals surface area (Å²) in [6.07, 6.45) is 4.40. The van der Waals surface area contributed by atoms with E-state index in [0.717, 1.165) is 30.9 Å². The summed E-state index contributed by atoms with van der Waals surface area (Å²) in [6, 6.07) is 5.51. The quantitative estimate of drug-likeness (QED) is 0.501. The Morgan fingerprint density at radius 3 is 2.70 bits per heavy atom. The van der Waals surface area contributed by atoms with Gasteiger partial charge < -0.3 is 20.6 Å². The van der Waals surface area contributed by atoms with E-state index in [-0.39, 0.29) is 24.7 Å². The number of benzene rings is 1. The number of nitrogens with one attached hydrogen (secondary N) is 2. The number of aryl methyl sites for hydroxylation is 3. The fourth-order valence-corrected chi connectivity index (χ4v) is 5.35. The maximum Gasteiger partial charge on any atom is 0.326 e. The van der Waals surface area contributed by atoms with E-state index in [0.29, 0.717) is 49.0 Å². The number of carboxylic acid groups (broad SMARTS) is 1. The molecule has 0 spiro atoms. The largest absolute Gasteiger partial charge is 0.480 e. The molecule has 9 heteroatoms. The Bertz CT molecular complexity index is 1180. The first-order chi connectivity index (χ1) is 17.7. The second-order valence-corrected chi connectivity index (χ2v) is 10.1. The zero-order valence-corrected chi connectivity index (χ0v) is 21.5. The summed E-state index contributed by atoms with van der Waals surface area (Å²) in [4.78, 5) is 44.2. The SMILES string of the molecule is CCc1cc(F)cc(C)c1C(=O)NC(CC1CCN(C(=O)Cc2ccc3c(n2)NCCC3)CC1)C(=O)O. The minimum atomic E-state index is -1.10. The Morgan fingerprint density at radius 1 is 1.24 bits per heavy atom. The molecule has 2 aromatic rings. The van der Waals surface area contributed by atoms with Gasteiger partial charge in [0.25, 0.3) is 5.91 Å². The molecule has 1 atom stereocenters. The maximum atomic E-state index is 13.8. The molecule has 198 valence electrons. The topological polar surface area (TPSA) is 112 Å². The Labute approximate surface area is 216 Å². The van der Waals surface area contributed by atoms with Crippen LogP contribution in [0.3, 0.4) is 0 Å². The van der Waals surface area contributed by atoms with E-state index in [2.05, 4.69) is 15.6 Å². The van der Waals surface area contributed by atoms with Gasteiger partial charge in [0.05, 0.1) is 12.1 Å². The zero-order chi connectivity index (χ0) is 26.5. The van der Waals surface area contributed by atoms with Crippen LogP contribution >= 0.6 is 0 Å². The molecule has 3 heterocycles. The number of carbonyl (C=O) groups is 3. The number of rotatable bonds is 8. The summed E-state index contributed by atoms with van der Waals surface area (Å²) in [5.74, 6) is -1.06. The number of aliphatic carboxylic acids is 1. The van der Waals surface area contributed by atoms with Crippen molar-refractivity contribution in [3.05, 3.63) is 58.0 Å². The average Bonchev–Trinajstić information content (AvgIpc) is 2.87. The molecule has 0 aliphatic carbocycles. The molecule has 0 saturated carbocycles. The van der Waals surface area contributed by atoms with Crippen LogP contribution in [-0.4, -0.2) is 58.5 Å². The lowest BCUT2D eigenvalue weighted by molar-refractivity contribution is -0.140. The molecule has 4 rings (SSSR count). The van der Waals surface area contributed by atoms with Crippen molar-refractivity contribution in [2.24, 2.45) is 5.92 Å². The highest BCUT2D eigenvalue weighted by molar-refractivity contribution is 5.99. The number of anilines is 1. The predicted octanol–water partition coefficient (Wildman–Crippen LogP) is 3.50. The normalized spacial score (nSPS) is 16.5. The van der Waals surface area contributed by atoms with Crippen molar-refractivity contribution in [3.8, 4) is 0 Å². The third kappa shape index (κ3) is 6.45. The van der Waals surface area contributed by atoms with Crippen LogP contribution in [0.5, 0.6) is 0 Å². The first-order valence-corrected chi connectivity index (χ1v) is 13.1. The van der Waals surface area contributed by atoms with E-state index in [9.17, 15) is 23.9 Å². The van der Waals surface area contributed by atoms with Gasteiger partial charge in [-0.3, -0.25) is 9.59 Å². The summed E-state index contributed by atoms with van der Waals surface area (Å²) in [7, 11) is 0. The molecule has 2 aliphatic rings. The standard InChI is InChI=1S/C28H35FN4O4/c1-3-19-15-21(29)13-17(2)25(19)27(35)32-23(28(36)37)14-18-8-11-33(12-9-18)24(34)16-22-7-6-20-5-4-10-30-26(20)31-22/h6-7,13,15,18,23H,3-5,8-12,14,16H2,1-2H3,(H,30,31)(H,32,35)(H,36,37). The number of hydrogen-bond donors (Lipinski definition) is 3. The third-order valence-electron chi connectivity index (χ3n) is 7.41. The minimum Gasteiger partial charge on any atom is -0.480 e. The first kappa shape index (κ1) is 26.6. The molecule has 2 amide bonds. The van der Waals surface area contributed by atoms with Gasteiger partial charge in [-0.05, 0) is 86.3 Å². The number of pyridine rings is 1. The molecule has 1 saturated heterocycles. The van der Waals surface area contributed by atoms with E-state index in [1.54, 1.807) is 6.92 Å². The number of likely N-dealkylation sites (tertiary alicyclic amines) is 1. The highest BCUT2D eigenvalue weighted by atomic mass is 19.1. The molecule has 8 nitrogen and oxygen atoms in total. The molecular weight excluding hydrogens is 475 g/mol. The van der Waals surface area contributed by atoms with Gasteiger partial charge in [0, 0.05) is 25.2 Å². The second kappa shape index (κ2) is 11.7. The van der Waals surface area contributed by atoms with Crippen molar-refractivity contribution in [1.29, 1.82) is 0 Å². The van der Waals surface area contributed by atoms with Crippen molar-refractivity contribution in [1.82, 2.24) is 15.2 Å². The summed E-state index contributed by atoms with van der Waals surface area (Å²) >= 11 is 0. The molecular formula is C28H35FN4O4. The summed E-state index contributed by atoms with van der Waals surface area (Å²) in [5.41, 5.74) is 3.30. The van der Waals surface area contributed by atoms with Gasteiger partial charge in [-0.25, -0.2) is 14.2 Å². The molecule has 37 heavy (non-hydrogen) atoms. The number of aromatic nitrogens is 1. The van der Waals surface area contributed by atoms with Crippen LogP contribution < -0.4 is 10.6 Å². The van der Waals surface area contributed by atoms with Gasteiger partial charge >= 0.3 is 5.97 Å². The van der Waals surface area contributed by atoms with Gasteiger partial charge in [0.15, 0.2) is 0 Å². The Balaban J connectivity index is 1.31. The van der Waals surface area contributed by atoms with Gasteiger partial charge in [0.2, 0.25) is 5.91 Å². The Kier molecular flexibility index (Phi) is 8.41. The monoisotopic (exact) mass is 510 g/mol. The number of fused-ring (bicyclic) bond motifs is 1. The first-order valence-electron chi connectivity index (χ1n) is 13.1. The van der Waals surface area contributed by atoms with Gasteiger partial charge in [-0.1, -0.05) is 13.0 Å². The number of carbonyl (C=O) groups excluding carboxylic acids is 2. The molecule has 3 N–H and O–H groups in total. The third-order valence-corrected chi connectivity index (χ3v) is 7.41. The van der Waals surface area contributed by atoms with Crippen LogP contribution in [0.2, 0.25) is 0 Å². The van der Waals surface area contributed by atoms with Gasteiger partial charge in [0.1, 0.15) is 17.7 Å². The average molecular weight is 511 g/mol. The molecule has 2 aliphatic heterocycles. The number of nitrogens with zero attached hydrogens (tertiary/aromatic N) is 2. The van der Waals surface area contributed by atoms with E-state index in [1.807, 2.05) is 24.0 Å². The lowest BCUT2D eigenvalue weighted by atomic mass is 9.89. The highest BCUT2D eigenvalue weighted by Gasteiger charge is 2.30. The highest BCUT2D eigenvalue weighted by Crippen LogP contribution is 2.25. The molecule has 0 bridgehead atoms. The van der Waals surface area contributed by atoms with Crippen molar-refractivity contribution < 1.29 is 23.9 Å². The van der Waals surface area contributed by atoms with Crippen molar-refractivity contribution in [2.45, 2.75) is 64.8 Å². The van der Waals surface area contributed by atoms with E-state index in [4.69, 9.17) is 0 Å². The van der Waals surface area contributed by atoms with E-state index in [1.165, 1.54) is 17.7 Å². The Morgan fingerprint density at radius 2 is 2.00 bits per heavy atom. The molecule has 1 aromatic carbocycles. The van der Waals surface area contributed by atoms with Crippen molar-refractivity contribution in [3.63, 3.8) is 0 Å². The summed E-state index contributed by atoms with van der Waals surface area (Å²) in [6.45, 7) is 5.46. The molecule has 1 aromatic heterocycles. The number of piperidine rings is 1. The van der Waals surface area contributed by atoms with Crippen molar-refractivity contribution >= 4 is 23.6 Å². The number of halogens is 1. The van der Waals surface area contributed by atoms with Gasteiger partial charge in [-0.15, -0.1) is 0 Å². The van der Waals surface area contributed by atoms with Crippen LogP contribution in [0, 0.1) is 18.7 Å². The zero-order valence-electron chi connectivity index (χ0n) is 21.5. The molecule has 1 fully saturated rings. The lowest BCUT2D eigenvalue weighted by Crippen LogP contribution is -2.45. The van der Waals surface area contributed by atoms with Gasteiger partial charge in [-0.2, -0.15) is 0 Å². The fraction of sp³-hybridized carbons (Fsp3) is 0.500. The van der Waals surface area contributed by atoms with Crippen LogP contribution in [-0.2, 0) is 28.9 Å². The smallest absolute Gasteiger partial charge is 0.326 e. The van der Waals surface area contributed by atoms with Crippen molar-refractivity contribution in [2.75, 3.05) is 25.0 Å². The fourth-order valence-electron chi connectivity index (χ4n) is 5.35. The number of amides is 2. The second-order valence-electron chi connectivity index (χ2n) is 10.1. The van der Waals surface area contributed by atoms with Crippen LogP contribution in [0.1, 0.15) is 65.3 Å². The summed E-state index contributed by atoms with van der Waals surface area (Å²) in [5, 5.41) is 15.7. The molecule has 0 radical (unpaired) electrons. The minimum absolute atomic E-state index is 0.0173. The molecule has 1 unspecified atom stereocenters. The number of carboxylic acids is 1. The lowest BCUT2D eigenvalue weighted by Gasteiger charge is -2.33. The van der Waals surface area contributed by atoms with Crippen LogP contribution in [0.25, 0.3) is 0 Å². The van der Waals surface area contributed by atoms with E-state index >= 15 is 0 Å². The van der Waals surface area contributed by atoms with E-state index < -0.39 is 23.7 Å².